The van der Waals surface area contributed by atoms with Gasteiger partial charge in [-0.2, -0.15) is 13.2 Å². The zero-order valence-corrected chi connectivity index (χ0v) is 13.7. The van der Waals surface area contributed by atoms with Crippen molar-refractivity contribution in [2.75, 3.05) is 0 Å². The Bertz CT molecular complexity index is 625. The first kappa shape index (κ1) is 16.4. The summed E-state index contributed by atoms with van der Waals surface area (Å²) in [6.45, 7) is 4.56. The number of benzene rings is 1. The van der Waals surface area contributed by atoms with E-state index in [-0.39, 0.29) is 0 Å². The normalized spacial score (nSPS) is 12.1. The molecule has 0 fully saturated rings. The Hall–Kier alpha value is -0.990. The average Bonchev–Trinajstić information content (AvgIpc) is 2.84. The molecule has 1 aromatic carbocycles. The Kier molecular flexibility index (Phi) is 5.00. The molecule has 0 aliphatic heterocycles. The van der Waals surface area contributed by atoms with Crippen LogP contribution in [0.25, 0.3) is 10.6 Å². The quantitative estimate of drug-likeness (QED) is 0.850. The SMILES string of the molecule is CC(C)NCc1nnc(-c2cc(C(F)(F)F)ccc2Br)s1. The molecule has 1 heterocycles. The average molecular weight is 380 g/mol. The van der Waals surface area contributed by atoms with Gasteiger partial charge in [0.05, 0.1) is 5.56 Å². The summed E-state index contributed by atoms with van der Waals surface area (Å²) >= 11 is 4.54. The Morgan fingerprint density at radius 3 is 2.62 bits per heavy atom. The highest BCUT2D eigenvalue weighted by molar-refractivity contribution is 9.10. The lowest BCUT2D eigenvalue weighted by Crippen LogP contribution is -2.21. The van der Waals surface area contributed by atoms with Crippen molar-refractivity contribution < 1.29 is 13.2 Å². The lowest BCUT2D eigenvalue weighted by molar-refractivity contribution is -0.137. The van der Waals surface area contributed by atoms with Crippen LogP contribution in [0.3, 0.4) is 0 Å². The topological polar surface area (TPSA) is 37.8 Å². The molecule has 21 heavy (non-hydrogen) atoms. The fourth-order valence-electron chi connectivity index (χ4n) is 1.59. The summed E-state index contributed by atoms with van der Waals surface area (Å²) in [4.78, 5) is 0. The first-order valence-corrected chi connectivity index (χ1v) is 7.81. The van der Waals surface area contributed by atoms with Crippen molar-refractivity contribution >= 4 is 27.3 Å². The number of alkyl halides is 3. The van der Waals surface area contributed by atoms with Crippen LogP contribution in [-0.4, -0.2) is 16.2 Å². The lowest BCUT2D eigenvalue weighted by atomic mass is 10.1. The van der Waals surface area contributed by atoms with Crippen LogP contribution >= 0.6 is 27.3 Å². The highest BCUT2D eigenvalue weighted by atomic mass is 79.9. The minimum absolute atomic E-state index is 0.303. The van der Waals surface area contributed by atoms with Crippen LogP contribution < -0.4 is 5.32 Å². The van der Waals surface area contributed by atoms with Crippen LogP contribution in [0, 0.1) is 0 Å². The van der Waals surface area contributed by atoms with Gasteiger partial charge in [-0.15, -0.1) is 10.2 Å². The second-order valence-electron chi connectivity index (χ2n) is 4.73. The number of hydrogen-bond donors (Lipinski definition) is 1. The van der Waals surface area contributed by atoms with Crippen LogP contribution in [0.2, 0.25) is 0 Å². The van der Waals surface area contributed by atoms with Gasteiger partial charge in [-0.3, -0.25) is 0 Å². The van der Waals surface area contributed by atoms with Crippen LogP contribution in [0.5, 0.6) is 0 Å². The van der Waals surface area contributed by atoms with Crippen molar-refractivity contribution in [1.82, 2.24) is 15.5 Å². The molecule has 2 rings (SSSR count). The predicted octanol–water partition coefficient (Wildman–Crippen LogP) is 4.48. The fraction of sp³-hybridized carbons (Fsp3) is 0.385. The number of nitrogens with one attached hydrogen (secondary N) is 1. The summed E-state index contributed by atoms with van der Waals surface area (Å²) in [6.07, 6.45) is -4.37. The summed E-state index contributed by atoms with van der Waals surface area (Å²) in [6, 6.07) is 3.81. The third kappa shape index (κ3) is 4.24. The van der Waals surface area contributed by atoms with Gasteiger partial charge in [0.2, 0.25) is 0 Å². The lowest BCUT2D eigenvalue weighted by Gasteiger charge is -2.08. The third-order valence-corrected chi connectivity index (χ3v) is 4.30. The molecule has 0 aliphatic rings. The van der Waals surface area contributed by atoms with Crippen LogP contribution in [0.4, 0.5) is 13.2 Å². The Morgan fingerprint density at radius 1 is 1.29 bits per heavy atom. The molecule has 0 aliphatic carbocycles. The van der Waals surface area contributed by atoms with E-state index >= 15 is 0 Å². The van der Waals surface area contributed by atoms with Gasteiger partial charge in [-0.25, -0.2) is 0 Å². The minimum atomic E-state index is -4.37. The molecule has 0 radical (unpaired) electrons. The van der Waals surface area contributed by atoms with Gasteiger partial charge in [0, 0.05) is 22.6 Å². The molecular weight excluding hydrogens is 367 g/mol. The fourth-order valence-corrected chi connectivity index (χ4v) is 2.98. The second-order valence-corrected chi connectivity index (χ2v) is 6.65. The van der Waals surface area contributed by atoms with Crippen molar-refractivity contribution in [3.63, 3.8) is 0 Å². The summed E-state index contributed by atoms with van der Waals surface area (Å²) in [5, 5.41) is 12.4. The van der Waals surface area contributed by atoms with Crippen molar-refractivity contribution in [3.8, 4) is 10.6 Å². The van der Waals surface area contributed by atoms with Gasteiger partial charge in [0.25, 0.3) is 0 Å². The van der Waals surface area contributed by atoms with Gasteiger partial charge in [-0.05, 0) is 18.2 Å². The zero-order chi connectivity index (χ0) is 15.6. The van der Waals surface area contributed by atoms with E-state index in [9.17, 15) is 13.2 Å². The van der Waals surface area contributed by atoms with Gasteiger partial charge in [0.15, 0.2) is 0 Å². The summed E-state index contributed by atoms with van der Waals surface area (Å²) < 4.78 is 38.9. The number of halogens is 4. The molecule has 2 aromatic rings. The van der Waals surface area contributed by atoms with Crippen molar-refractivity contribution in [2.24, 2.45) is 0 Å². The van der Waals surface area contributed by atoms with Crippen LogP contribution in [-0.2, 0) is 12.7 Å². The van der Waals surface area contributed by atoms with E-state index < -0.39 is 11.7 Å². The molecule has 0 amide bonds. The summed E-state index contributed by atoms with van der Waals surface area (Å²) in [7, 11) is 0. The first-order valence-electron chi connectivity index (χ1n) is 6.20. The maximum atomic E-state index is 12.8. The van der Waals surface area contributed by atoms with E-state index in [1.54, 1.807) is 0 Å². The number of aromatic nitrogens is 2. The highest BCUT2D eigenvalue weighted by Gasteiger charge is 2.31. The predicted molar refractivity (Wildman–Crippen MR) is 80.0 cm³/mol. The van der Waals surface area contributed by atoms with E-state index in [0.717, 1.165) is 17.1 Å². The van der Waals surface area contributed by atoms with Gasteiger partial charge >= 0.3 is 6.18 Å². The summed E-state index contributed by atoms with van der Waals surface area (Å²) in [5.74, 6) is 0. The molecule has 1 aromatic heterocycles. The van der Waals surface area contributed by atoms with Crippen molar-refractivity contribution in [1.29, 1.82) is 0 Å². The minimum Gasteiger partial charge on any atom is -0.308 e. The van der Waals surface area contributed by atoms with E-state index in [0.29, 0.717) is 27.6 Å². The van der Waals surface area contributed by atoms with E-state index in [1.807, 2.05) is 13.8 Å². The Balaban J connectivity index is 2.29. The number of hydrogen-bond acceptors (Lipinski definition) is 4. The standard InChI is InChI=1S/C13H13BrF3N3S/c1-7(2)18-6-11-19-20-12(21-11)9-5-8(13(15,16)17)3-4-10(9)14/h3-5,7,18H,6H2,1-2H3. The maximum absolute atomic E-state index is 12.8. The van der Waals surface area contributed by atoms with E-state index in [4.69, 9.17) is 0 Å². The van der Waals surface area contributed by atoms with E-state index in [1.165, 1.54) is 17.4 Å². The Labute approximate surface area is 132 Å². The smallest absolute Gasteiger partial charge is 0.308 e. The number of nitrogens with zero attached hydrogens (tertiary/aromatic N) is 2. The van der Waals surface area contributed by atoms with E-state index in [2.05, 4.69) is 31.4 Å². The molecular formula is C13H13BrF3N3S. The molecule has 8 heteroatoms. The molecule has 3 nitrogen and oxygen atoms in total. The van der Waals surface area contributed by atoms with Crippen LogP contribution in [0.1, 0.15) is 24.4 Å². The molecule has 0 saturated heterocycles. The third-order valence-electron chi connectivity index (χ3n) is 2.65. The van der Waals surface area contributed by atoms with Crippen molar-refractivity contribution in [2.45, 2.75) is 32.6 Å². The maximum Gasteiger partial charge on any atom is 0.416 e. The van der Waals surface area contributed by atoms with Gasteiger partial charge in [-0.1, -0.05) is 41.1 Å². The molecule has 0 unspecified atom stereocenters. The Morgan fingerprint density at radius 2 is 2.00 bits per heavy atom. The largest absolute Gasteiger partial charge is 0.416 e. The first-order chi connectivity index (χ1) is 9.77. The second kappa shape index (κ2) is 6.41. The zero-order valence-electron chi connectivity index (χ0n) is 11.3. The van der Waals surface area contributed by atoms with Gasteiger partial charge < -0.3 is 5.32 Å². The summed E-state index contributed by atoms with van der Waals surface area (Å²) in [5.41, 5.74) is -0.295. The van der Waals surface area contributed by atoms with Crippen LogP contribution in [0.15, 0.2) is 22.7 Å². The molecule has 0 bridgehead atoms. The van der Waals surface area contributed by atoms with Gasteiger partial charge in [0.1, 0.15) is 10.0 Å². The molecule has 0 saturated carbocycles. The number of rotatable bonds is 4. The highest BCUT2D eigenvalue weighted by Crippen LogP contribution is 2.36. The molecule has 1 N–H and O–H groups in total. The molecule has 0 spiro atoms. The monoisotopic (exact) mass is 379 g/mol. The molecule has 0 atom stereocenters. The van der Waals surface area contributed by atoms with Crippen molar-refractivity contribution in [3.05, 3.63) is 33.2 Å². The molecule has 114 valence electrons.